The highest BCUT2D eigenvalue weighted by Crippen LogP contribution is 2.41. The second kappa shape index (κ2) is 3.07. The summed E-state index contributed by atoms with van der Waals surface area (Å²) in [4.78, 5) is 0. The van der Waals surface area contributed by atoms with Gasteiger partial charge in [0.1, 0.15) is 0 Å². The summed E-state index contributed by atoms with van der Waals surface area (Å²) >= 11 is 3.57. The summed E-state index contributed by atoms with van der Waals surface area (Å²) in [5, 5.41) is 3.42. The first-order valence-electron chi connectivity index (χ1n) is 5.30. The van der Waals surface area contributed by atoms with Crippen LogP contribution in [0.3, 0.4) is 0 Å². The van der Waals surface area contributed by atoms with Crippen molar-refractivity contribution in [2.45, 2.75) is 24.7 Å². The van der Waals surface area contributed by atoms with Crippen molar-refractivity contribution < 1.29 is 0 Å². The molecule has 1 fully saturated rings. The van der Waals surface area contributed by atoms with Gasteiger partial charge < -0.3 is 5.32 Å². The quantitative estimate of drug-likeness (QED) is 0.748. The SMILES string of the molecule is Brc1ccc2c(c1)C1(CCC2)CNC1. The highest BCUT2D eigenvalue weighted by atomic mass is 79.9. The Bertz CT molecular complexity index is 369. The van der Waals surface area contributed by atoms with Crippen molar-refractivity contribution in [3.05, 3.63) is 33.8 Å². The van der Waals surface area contributed by atoms with E-state index in [0.29, 0.717) is 5.41 Å². The number of nitrogens with one attached hydrogen (secondary N) is 1. The minimum Gasteiger partial charge on any atom is -0.315 e. The zero-order valence-corrected chi connectivity index (χ0v) is 9.73. The molecule has 0 unspecified atom stereocenters. The molecule has 0 bridgehead atoms. The third-order valence-corrected chi connectivity index (χ3v) is 4.16. The number of halogens is 1. The molecule has 1 heterocycles. The molecule has 1 spiro atoms. The normalized spacial score (nSPS) is 22.9. The lowest BCUT2D eigenvalue weighted by atomic mass is 9.66. The average molecular weight is 252 g/mol. The van der Waals surface area contributed by atoms with Crippen LogP contribution in [0.25, 0.3) is 0 Å². The van der Waals surface area contributed by atoms with Gasteiger partial charge in [0.2, 0.25) is 0 Å². The monoisotopic (exact) mass is 251 g/mol. The summed E-state index contributed by atoms with van der Waals surface area (Å²) in [6.07, 6.45) is 3.99. The Kier molecular flexibility index (Phi) is 1.96. The second-order valence-corrected chi connectivity index (χ2v) is 5.45. The van der Waals surface area contributed by atoms with E-state index in [-0.39, 0.29) is 0 Å². The molecule has 1 aliphatic carbocycles. The van der Waals surface area contributed by atoms with Gasteiger partial charge in [-0.25, -0.2) is 0 Å². The van der Waals surface area contributed by atoms with Crippen LogP contribution in [-0.2, 0) is 11.8 Å². The van der Waals surface area contributed by atoms with Crippen molar-refractivity contribution in [3.8, 4) is 0 Å². The molecule has 1 aliphatic heterocycles. The van der Waals surface area contributed by atoms with Crippen molar-refractivity contribution in [1.29, 1.82) is 0 Å². The molecule has 0 radical (unpaired) electrons. The Morgan fingerprint density at radius 2 is 2.14 bits per heavy atom. The molecule has 1 saturated heterocycles. The summed E-state index contributed by atoms with van der Waals surface area (Å²) in [6, 6.07) is 6.79. The van der Waals surface area contributed by atoms with Crippen molar-refractivity contribution in [3.63, 3.8) is 0 Å². The van der Waals surface area contributed by atoms with Gasteiger partial charge in [0.25, 0.3) is 0 Å². The molecule has 0 atom stereocenters. The molecule has 3 rings (SSSR count). The number of rotatable bonds is 0. The Hall–Kier alpha value is -0.340. The lowest BCUT2D eigenvalue weighted by molar-refractivity contribution is 0.239. The number of aryl methyl sites for hydroxylation is 1. The Morgan fingerprint density at radius 3 is 2.86 bits per heavy atom. The van der Waals surface area contributed by atoms with Gasteiger partial charge in [-0.1, -0.05) is 22.0 Å². The summed E-state index contributed by atoms with van der Waals surface area (Å²) < 4.78 is 1.23. The zero-order valence-electron chi connectivity index (χ0n) is 8.15. The van der Waals surface area contributed by atoms with Crippen LogP contribution in [0.2, 0.25) is 0 Å². The highest BCUT2D eigenvalue weighted by Gasteiger charge is 2.41. The average Bonchev–Trinajstić information content (AvgIpc) is 2.14. The fraction of sp³-hybridized carbons (Fsp3) is 0.500. The van der Waals surface area contributed by atoms with Crippen LogP contribution < -0.4 is 5.32 Å². The smallest absolute Gasteiger partial charge is 0.0205 e. The molecule has 74 valence electrons. The van der Waals surface area contributed by atoms with Crippen LogP contribution in [0.15, 0.2) is 22.7 Å². The topological polar surface area (TPSA) is 12.0 Å². The van der Waals surface area contributed by atoms with Crippen LogP contribution in [-0.4, -0.2) is 13.1 Å². The largest absolute Gasteiger partial charge is 0.315 e. The highest BCUT2D eigenvalue weighted by molar-refractivity contribution is 9.10. The van der Waals surface area contributed by atoms with Crippen LogP contribution in [0.4, 0.5) is 0 Å². The van der Waals surface area contributed by atoms with Crippen molar-refractivity contribution in [2.24, 2.45) is 0 Å². The number of fused-ring (bicyclic) bond motifs is 2. The first-order valence-corrected chi connectivity index (χ1v) is 6.09. The van der Waals surface area contributed by atoms with Gasteiger partial charge in [0.15, 0.2) is 0 Å². The summed E-state index contributed by atoms with van der Waals surface area (Å²) in [5.74, 6) is 0. The molecule has 0 saturated carbocycles. The van der Waals surface area contributed by atoms with E-state index in [0.717, 1.165) is 0 Å². The van der Waals surface area contributed by atoms with Crippen molar-refractivity contribution in [1.82, 2.24) is 5.32 Å². The zero-order chi connectivity index (χ0) is 9.60. The first-order chi connectivity index (χ1) is 6.80. The second-order valence-electron chi connectivity index (χ2n) is 4.54. The fourth-order valence-electron chi connectivity index (χ4n) is 2.81. The summed E-state index contributed by atoms with van der Waals surface area (Å²) in [7, 11) is 0. The predicted molar refractivity (Wildman–Crippen MR) is 61.6 cm³/mol. The van der Waals surface area contributed by atoms with Gasteiger partial charge in [0, 0.05) is 23.0 Å². The fourth-order valence-corrected chi connectivity index (χ4v) is 3.17. The molecule has 2 aliphatic rings. The van der Waals surface area contributed by atoms with Crippen LogP contribution in [0.5, 0.6) is 0 Å². The lowest BCUT2D eigenvalue weighted by Gasteiger charge is -2.47. The van der Waals surface area contributed by atoms with E-state index in [2.05, 4.69) is 39.4 Å². The van der Waals surface area contributed by atoms with Crippen LogP contribution in [0.1, 0.15) is 24.0 Å². The van der Waals surface area contributed by atoms with Crippen LogP contribution in [0, 0.1) is 0 Å². The molecule has 1 aromatic carbocycles. The molecule has 2 heteroatoms. The minimum absolute atomic E-state index is 0.483. The maximum Gasteiger partial charge on any atom is 0.0205 e. The van der Waals surface area contributed by atoms with E-state index >= 15 is 0 Å². The third kappa shape index (κ3) is 1.17. The minimum atomic E-state index is 0.483. The van der Waals surface area contributed by atoms with Crippen molar-refractivity contribution in [2.75, 3.05) is 13.1 Å². The maximum absolute atomic E-state index is 3.57. The van der Waals surface area contributed by atoms with Gasteiger partial charge in [-0.05, 0) is 42.5 Å². The van der Waals surface area contributed by atoms with Gasteiger partial charge >= 0.3 is 0 Å². The summed E-state index contributed by atoms with van der Waals surface area (Å²) in [6.45, 7) is 2.35. The van der Waals surface area contributed by atoms with E-state index in [4.69, 9.17) is 0 Å². The van der Waals surface area contributed by atoms with Crippen LogP contribution >= 0.6 is 15.9 Å². The molecule has 1 N–H and O–H groups in total. The maximum atomic E-state index is 3.57. The number of hydrogen-bond acceptors (Lipinski definition) is 1. The van der Waals surface area contributed by atoms with Crippen molar-refractivity contribution >= 4 is 15.9 Å². The van der Waals surface area contributed by atoms with Gasteiger partial charge in [-0.2, -0.15) is 0 Å². The van der Waals surface area contributed by atoms with E-state index in [1.54, 1.807) is 11.1 Å². The standard InChI is InChI=1S/C12H14BrN/c13-10-4-3-9-2-1-5-12(7-14-8-12)11(9)6-10/h3-4,6,14H,1-2,5,7-8H2. The number of hydrogen-bond donors (Lipinski definition) is 1. The molecular formula is C12H14BrN. The van der Waals surface area contributed by atoms with E-state index in [1.165, 1.54) is 36.8 Å². The molecule has 0 aromatic heterocycles. The molecular weight excluding hydrogens is 238 g/mol. The van der Waals surface area contributed by atoms with E-state index < -0.39 is 0 Å². The Morgan fingerprint density at radius 1 is 1.29 bits per heavy atom. The van der Waals surface area contributed by atoms with E-state index in [9.17, 15) is 0 Å². The number of benzene rings is 1. The molecule has 14 heavy (non-hydrogen) atoms. The first kappa shape index (κ1) is 8.93. The van der Waals surface area contributed by atoms with Gasteiger partial charge in [0.05, 0.1) is 0 Å². The van der Waals surface area contributed by atoms with Gasteiger partial charge in [-0.3, -0.25) is 0 Å². The van der Waals surface area contributed by atoms with Gasteiger partial charge in [-0.15, -0.1) is 0 Å². The predicted octanol–water partition coefficient (Wildman–Crippen LogP) is 2.63. The molecule has 1 aromatic rings. The Labute approximate surface area is 93.0 Å². The Balaban J connectivity index is 2.12. The third-order valence-electron chi connectivity index (χ3n) is 3.67. The molecule has 1 nitrogen and oxygen atoms in total. The lowest BCUT2D eigenvalue weighted by Crippen LogP contribution is -2.58. The summed E-state index contributed by atoms with van der Waals surface area (Å²) in [5.41, 5.74) is 3.65. The molecule has 0 amide bonds. The van der Waals surface area contributed by atoms with E-state index in [1.807, 2.05) is 0 Å².